The van der Waals surface area contributed by atoms with E-state index >= 15 is 0 Å². The minimum Gasteiger partial charge on any atom is -0.510 e. The standard InChI is InChI=1S/C7H8BFO3/c1-6-2-4-7(5-3-6)11-8(10)12-9/h2-5,10H,1H3. The van der Waals surface area contributed by atoms with E-state index in [1.165, 1.54) is 0 Å². The molecule has 12 heavy (non-hydrogen) atoms. The average Bonchev–Trinajstić information content (AvgIpc) is 2.09. The number of rotatable bonds is 3. The van der Waals surface area contributed by atoms with E-state index in [-0.39, 0.29) is 0 Å². The third-order valence-electron chi connectivity index (χ3n) is 1.33. The molecule has 64 valence electrons. The summed E-state index contributed by atoms with van der Waals surface area (Å²) in [5, 5.41) is 8.56. The maximum absolute atomic E-state index is 11.3. The minimum absolute atomic E-state index is 0.353. The Morgan fingerprint density at radius 2 is 1.92 bits per heavy atom. The van der Waals surface area contributed by atoms with Crippen LogP contribution in [0.3, 0.4) is 0 Å². The highest BCUT2D eigenvalue weighted by Crippen LogP contribution is 2.11. The summed E-state index contributed by atoms with van der Waals surface area (Å²) >= 11 is 0. The molecule has 1 aromatic rings. The molecule has 0 aliphatic rings. The Morgan fingerprint density at radius 1 is 1.33 bits per heavy atom. The van der Waals surface area contributed by atoms with E-state index in [9.17, 15) is 4.53 Å². The summed E-state index contributed by atoms with van der Waals surface area (Å²) in [5.41, 5.74) is 1.05. The summed E-state index contributed by atoms with van der Waals surface area (Å²) in [5.74, 6) is 0.353. The van der Waals surface area contributed by atoms with E-state index in [1.807, 2.05) is 6.92 Å². The first-order valence-corrected chi connectivity index (χ1v) is 3.41. The second-order valence-electron chi connectivity index (χ2n) is 2.33. The SMILES string of the molecule is Cc1ccc(OB(O)OF)cc1. The van der Waals surface area contributed by atoms with Gasteiger partial charge in [0.25, 0.3) is 0 Å². The fourth-order valence-corrected chi connectivity index (χ4v) is 0.751. The molecule has 0 unspecified atom stereocenters. The Morgan fingerprint density at radius 3 is 2.42 bits per heavy atom. The van der Waals surface area contributed by atoms with Crippen LogP contribution in [0, 0.1) is 6.92 Å². The third-order valence-corrected chi connectivity index (χ3v) is 1.33. The van der Waals surface area contributed by atoms with Crippen LogP contribution >= 0.6 is 0 Å². The lowest BCUT2D eigenvalue weighted by Crippen LogP contribution is -2.22. The lowest BCUT2D eigenvalue weighted by atomic mass is 10.2. The van der Waals surface area contributed by atoms with Gasteiger partial charge in [0.05, 0.1) is 0 Å². The van der Waals surface area contributed by atoms with Crippen molar-refractivity contribution in [2.75, 3.05) is 0 Å². The number of benzene rings is 1. The molecule has 0 spiro atoms. The zero-order chi connectivity index (χ0) is 8.97. The molecule has 0 fully saturated rings. The Bertz CT molecular complexity index is 239. The number of hydrogen-bond donors (Lipinski definition) is 1. The van der Waals surface area contributed by atoms with Gasteiger partial charge in [0.15, 0.2) is 0 Å². The molecular formula is C7H8BFO3. The van der Waals surface area contributed by atoms with Crippen LogP contribution in [0.2, 0.25) is 0 Å². The van der Waals surface area contributed by atoms with Crippen molar-refractivity contribution in [1.29, 1.82) is 0 Å². The number of hydrogen-bond acceptors (Lipinski definition) is 3. The van der Waals surface area contributed by atoms with E-state index in [1.54, 1.807) is 24.3 Å². The van der Waals surface area contributed by atoms with Gasteiger partial charge in [-0.15, -0.1) is 0 Å². The molecule has 0 aromatic heterocycles. The van der Waals surface area contributed by atoms with Crippen molar-refractivity contribution in [3.63, 3.8) is 0 Å². The molecule has 0 atom stereocenters. The summed E-state index contributed by atoms with van der Waals surface area (Å²) in [7, 11) is -1.85. The van der Waals surface area contributed by atoms with Crippen molar-refractivity contribution in [3.8, 4) is 5.75 Å². The largest absolute Gasteiger partial charge is 0.743 e. The van der Waals surface area contributed by atoms with Crippen LogP contribution in [-0.2, 0) is 4.86 Å². The van der Waals surface area contributed by atoms with Gasteiger partial charge in [-0.25, -0.2) is 0 Å². The lowest BCUT2D eigenvalue weighted by Gasteiger charge is -2.04. The number of halogens is 1. The predicted octanol–water partition coefficient (Wildman–Crippen LogP) is 1.25. The quantitative estimate of drug-likeness (QED) is 0.693. The first-order valence-electron chi connectivity index (χ1n) is 3.41. The van der Waals surface area contributed by atoms with Crippen molar-refractivity contribution in [3.05, 3.63) is 29.8 Å². The van der Waals surface area contributed by atoms with Crippen LogP contribution in [0.25, 0.3) is 0 Å². The van der Waals surface area contributed by atoms with E-state index in [0.717, 1.165) is 5.56 Å². The summed E-state index contributed by atoms with van der Waals surface area (Å²) in [4.78, 5) is 3.02. The fourth-order valence-electron chi connectivity index (χ4n) is 0.751. The molecule has 0 radical (unpaired) electrons. The molecule has 0 saturated heterocycles. The minimum atomic E-state index is -1.85. The Hall–Kier alpha value is -1.07. The van der Waals surface area contributed by atoms with E-state index in [2.05, 4.69) is 9.51 Å². The molecule has 1 N–H and O–H groups in total. The second-order valence-corrected chi connectivity index (χ2v) is 2.33. The van der Waals surface area contributed by atoms with Crippen molar-refractivity contribution >= 4 is 7.32 Å². The smallest absolute Gasteiger partial charge is 0.510 e. The molecule has 0 aliphatic carbocycles. The Labute approximate surface area is 69.8 Å². The predicted molar refractivity (Wildman–Crippen MR) is 42.0 cm³/mol. The van der Waals surface area contributed by atoms with Gasteiger partial charge >= 0.3 is 7.32 Å². The normalized spacial score (nSPS) is 9.58. The summed E-state index contributed by atoms with van der Waals surface area (Å²) < 4.78 is 15.9. The van der Waals surface area contributed by atoms with Crippen molar-refractivity contribution < 1.29 is 19.1 Å². The molecule has 0 amide bonds. The van der Waals surface area contributed by atoms with Gasteiger partial charge in [-0.05, 0) is 19.1 Å². The molecular weight excluding hydrogens is 162 g/mol. The Balaban J connectivity index is 2.58. The van der Waals surface area contributed by atoms with Gasteiger partial charge in [0, 0.05) is 0 Å². The number of aryl methyl sites for hydroxylation is 1. The van der Waals surface area contributed by atoms with Crippen LogP contribution < -0.4 is 4.65 Å². The molecule has 5 heteroatoms. The average molecular weight is 170 g/mol. The highest BCUT2D eigenvalue weighted by molar-refractivity contribution is 6.35. The molecule has 0 bridgehead atoms. The lowest BCUT2D eigenvalue weighted by molar-refractivity contribution is -0.0527. The van der Waals surface area contributed by atoms with E-state index in [0.29, 0.717) is 5.75 Å². The van der Waals surface area contributed by atoms with Gasteiger partial charge in [0.1, 0.15) is 5.75 Å². The van der Waals surface area contributed by atoms with Crippen molar-refractivity contribution in [2.45, 2.75) is 6.92 Å². The zero-order valence-corrected chi connectivity index (χ0v) is 6.53. The van der Waals surface area contributed by atoms with Crippen LogP contribution in [0.5, 0.6) is 5.75 Å². The van der Waals surface area contributed by atoms with Gasteiger partial charge in [-0.2, -0.15) is 4.86 Å². The van der Waals surface area contributed by atoms with Gasteiger partial charge < -0.3 is 9.68 Å². The highest BCUT2D eigenvalue weighted by Gasteiger charge is 2.18. The van der Waals surface area contributed by atoms with E-state index in [4.69, 9.17) is 5.02 Å². The molecule has 0 aliphatic heterocycles. The summed E-state index contributed by atoms with van der Waals surface area (Å²) in [6.45, 7) is 1.91. The summed E-state index contributed by atoms with van der Waals surface area (Å²) in [6.07, 6.45) is 0. The topological polar surface area (TPSA) is 38.7 Å². The summed E-state index contributed by atoms with van der Waals surface area (Å²) in [6, 6.07) is 6.77. The van der Waals surface area contributed by atoms with Crippen LogP contribution in [0.1, 0.15) is 5.56 Å². The first-order chi connectivity index (χ1) is 5.72. The third kappa shape index (κ3) is 2.52. The van der Waals surface area contributed by atoms with Crippen LogP contribution in [0.4, 0.5) is 4.53 Å². The Kier molecular flexibility index (Phi) is 3.07. The zero-order valence-electron chi connectivity index (χ0n) is 6.53. The fraction of sp³-hybridized carbons (Fsp3) is 0.143. The highest BCUT2D eigenvalue weighted by atomic mass is 19.3. The maximum Gasteiger partial charge on any atom is 0.743 e. The van der Waals surface area contributed by atoms with Gasteiger partial charge in [-0.1, -0.05) is 22.2 Å². The molecule has 0 saturated carbocycles. The van der Waals surface area contributed by atoms with Crippen molar-refractivity contribution in [2.24, 2.45) is 0 Å². The van der Waals surface area contributed by atoms with Crippen LogP contribution in [0.15, 0.2) is 24.3 Å². The monoisotopic (exact) mass is 170 g/mol. The maximum atomic E-state index is 11.3. The second kappa shape index (κ2) is 4.08. The molecule has 1 aromatic carbocycles. The van der Waals surface area contributed by atoms with Crippen molar-refractivity contribution in [1.82, 2.24) is 0 Å². The van der Waals surface area contributed by atoms with Gasteiger partial charge in [-0.3, -0.25) is 0 Å². The molecule has 0 heterocycles. The molecule has 1 rings (SSSR count). The van der Waals surface area contributed by atoms with E-state index < -0.39 is 7.32 Å². The van der Waals surface area contributed by atoms with Gasteiger partial charge in [0.2, 0.25) is 0 Å². The van der Waals surface area contributed by atoms with Crippen LogP contribution in [-0.4, -0.2) is 12.3 Å². The molecule has 3 nitrogen and oxygen atoms in total. The first kappa shape index (κ1) is 9.03.